The molecule has 0 fully saturated rings. The minimum Gasteiger partial charge on any atom is -0.325 e. The number of non-ortho nitro benzene ring substituents is 1. The van der Waals surface area contributed by atoms with Crippen LogP contribution in [-0.2, 0) is 4.79 Å². The average molecular weight is 371 g/mol. The summed E-state index contributed by atoms with van der Waals surface area (Å²) in [6.07, 6.45) is 0.292. The van der Waals surface area contributed by atoms with E-state index >= 15 is 0 Å². The van der Waals surface area contributed by atoms with Gasteiger partial charge in [-0.1, -0.05) is 23.2 Å². The summed E-state index contributed by atoms with van der Waals surface area (Å²) in [6.45, 7) is 0. The second-order valence-corrected chi connectivity index (χ2v) is 6.53. The first-order valence-electron chi connectivity index (χ1n) is 6.58. The second-order valence-electron chi connectivity index (χ2n) is 4.52. The molecule has 0 atom stereocenters. The zero-order valence-electron chi connectivity index (χ0n) is 11.8. The van der Waals surface area contributed by atoms with Gasteiger partial charge in [0.15, 0.2) is 0 Å². The summed E-state index contributed by atoms with van der Waals surface area (Å²) in [5.74, 6) is 0.389. The number of amides is 1. The zero-order valence-corrected chi connectivity index (χ0v) is 14.1. The predicted molar refractivity (Wildman–Crippen MR) is 93.5 cm³/mol. The molecule has 0 saturated heterocycles. The van der Waals surface area contributed by atoms with Crippen LogP contribution < -0.4 is 5.32 Å². The molecule has 1 N–H and O–H groups in total. The number of anilines is 1. The van der Waals surface area contributed by atoms with Crippen LogP contribution in [0.15, 0.2) is 47.4 Å². The normalized spacial score (nSPS) is 10.3. The topological polar surface area (TPSA) is 72.2 Å². The first kappa shape index (κ1) is 17.6. The maximum atomic E-state index is 11.9. The van der Waals surface area contributed by atoms with Crippen molar-refractivity contribution in [2.24, 2.45) is 0 Å². The van der Waals surface area contributed by atoms with E-state index in [1.54, 1.807) is 12.1 Å². The van der Waals surface area contributed by atoms with Crippen LogP contribution in [0.2, 0.25) is 10.0 Å². The fourth-order valence-electron chi connectivity index (χ4n) is 1.72. The predicted octanol–water partition coefficient (Wildman–Crippen LogP) is 5.02. The lowest BCUT2D eigenvalue weighted by Gasteiger charge is -2.07. The van der Waals surface area contributed by atoms with Gasteiger partial charge in [0, 0.05) is 34.2 Å². The van der Waals surface area contributed by atoms with Gasteiger partial charge in [-0.25, -0.2) is 0 Å². The van der Waals surface area contributed by atoms with Crippen molar-refractivity contribution in [1.29, 1.82) is 0 Å². The summed E-state index contributed by atoms with van der Waals surface area (Å²) in [5, 5.41) is 14.1. The lowest BCUT2D eigenvalue weighted by atomic mass is 10.2. The smallest absolute Gasteiger partial charge is 0.271 e. The molecule has 0 saturated carbocycles. The molecular weight excluding hydrogens is 359 g/mol. The molecule has 1 amide bonds. The van der Waals surface area contributed by atoms with Gasteiger partial charge in [-0.15, -0.1) is 11.8 Å². The van der Waals surface area contributed by atoms with Crippen LogP contribution in [0.3, 0.4) is 0 Å². The fourth-order valence-corrected chi connectivity index (χ4v) is 2.92. The molecule has 2 aromatic carbocycles. The number of hydrogen-bond acceptors (Lipinski definition) is 4. The Bertz CT molecular complexity index is 723. The van der Waals surface area contributed by atoms with Crippen LogP contribution in [0.1, 0.15) is 6.42 Å². The number of carbonyl (C=O) groups excluding carboxylic acids is 1. The summed E-state index contributed by atoms with van der Waals surface area (Å²) in [5.41, 5.74) is 0.241. The highest BCUT2D eigenvalue weighted by molar-refractivity contribution is 7.99. The molecule has 120 valence electrons. The molecule has 0 aliphatic rings. The largest absolute Gasteiger partial charge is 0.325 e. The van der Waals surface area contributed by atoms with Gasteiger partial charge < -0.3 is 5.32 Å². The summed E-state index contributed by atoms with van der Waals surface area (Å²) < 4.78 is 0. The van der Waals surface area contributed by atoms with E-state index in [1.807, 2.05) is 12.1 Å². The van der Waals surface area contributed by atoms with E-state index in [-0.39, 0.29) is 16.6 Å². The van der Waals surface area contributed by atoms with Crippen LogP contribution in [-0.4, -0.2) is 16.6 Å². The minimum atomic E-state index is -0.541. The molecular formula is C15H12Cl2N2O3S. The quantitative estimate of drug-likeness (QED) is 0.440. The molecule has 2 aromatic rings. The fraction of sp³-hybridized carbons (Fsp3) is 0.133. The van der Waals surface area contributed by atoms with Gasteiger partial charge in [0.05, 0.1) is 15.6 Å². The Morgan fingerprint density at radius 1 is 1.17 bits per heavy atom. The monoisotopic (exact) mass is 370 g/mol. The Labute approximate surface area is 147 Å². The van der Waals surface area contributed by atoms with Crippen molar-refractivity contribution in [3.05, 3.63) is 62.6 Å². The van der Waals surface area contributed by atoms with Gasteiger partial charge in [-0.3, -0.25) is 14.9 Å². The van der Waals surface area contributed by atoms with Crippen LogP contribution >= 0.6 is 35.0 Å². The minimum absolute atomic E-state index is 0.119. The second kappa shape index (κ2) is 8.19. The molecule has 2 rings (SSSR count). The first-order chi connectivity index (χ1) is 11.0. The van der Waals surface area contributed by atoms with Crippen LogP contribution in [0.4, 0.5) is 11.4 Å². The maximum absolute atomic E-state index is 11.9. The van der Waals surface area contributed by atoms with E-state index in [0.29, 0.717) is 22.9 Å². The maximum Gasteiger partial charge on any atom is 0.271 e. The van der Waals surface area contributed by atoms with Crippen molar-refractivity contribution in [3.63, 3.8) is 0 Å². The number of hydrogen-bond donors (Lipinski definition) is 1. The number of carbonyl (C=O) groups is 1. The Morgan fingerprint density at radius 2 is 1.87 bits per heavy atom. The molecule has 0 aliphatic heterocycles. The van der Waals surface area contributed by atoms with Gasteiger partial charge in [-0.05, 0) is 30.3 Å². The molecule has 8 heteroatoms. The molecule has 0 bridgehead atoms. The van der Waals surface area contributed by atoms with Crippen molar-refractivity contribution in [3.8, 4) is 0 Å². The Balaban J connectivity index is 1.85. The van der Waals surface area contributed by atoms with Crippen molar-refractivity contribution in [1.82, 2.24) is 0 Å². The molecule has 0 spiro atoms. The number of nitrogens with one attached hydrogen (secondary N) is 1. The summed E-state index contributed by atoms with van der Waals surface area (Å²) in [6, 6.07) is 11.3. The van der Waals surface area contributed by atoms with Gasteiger partial charge >= 0.3 is 0 Å². The van der Waals surface area contributed by atoms with E-state index in [2.05, 4.69) is 5.32 Å². The third-order valence-corrected chi connectivity index (χ3v) is 4.43. The van der Waals surface area contributed by atoms with Gasteiger partial charge in [0.25, 0.3) is 5.69 Å². The molecule has 23 heavy (non-hydrogen) atoms. The molecule has 0 radical (unpaired) electrons. The molecule has 5 nitrogen and oxygen atoms in total. The lowest BCUT2D eigenvalue weighted by Crippen LogP contribution is -2.12. The highest BCUT2D eigenvalue weighted by Gasteiger charge is 2.11. The number of nitro groups is 1. The number of rotatable bonds is 6. The van der Waals surface area contributed by atoms with Crippen molar-refractivity contribution >= 4 is 52.2 Å². The summed E-state index contributed by atoms with van der Waals surface area (Å²) >= 11 is 13.3. The van der Waals surface area contributed by atoms with Gasteiger partial charge in [0.2, 0.25) is 5.91 Å². The standard InChI is InChI=1S/C15H12Cl2N2O3S/c16-10-1-4-12(5-2-10)23-8-7-15(20)18-14-6-3-11(19(21)22)9-13(14)17/h1-6,9H,7-8H2,(H,18,20). The van der Waals surface area contributed by atoms with Crippen LogP contribution in [0.5, 0.6) is 0 Å². The van der Waals surface area contributed by atoms with Crippen LogP contribution in [0.25, 0.3) is 0 Å². The lowest BCUT2D eigenvalue weighted by molar-refractivity contribution is -0.384. The first-order valence-corrected chi connectivity index (χ1v) is 8.32. The Hall–Kier alpha value is -1.76. The highest BCUT2D eigenvalue weighted by atomic mass is 35.5. The highest BCUT2D eigenvalue weighted by Crippen LogP contribution is 2.27. The Kier molecular flexibility index (Phi) is 6.27. The number of thioether (sulfide) groups is 1. The molecule has 0 aliphatic carbocycles. The molecule has 0 heterocycles. The number of nitrogens with zero attached hydrogens (tertiary/aromatic N) is 1. The third kappa shape index (κ3) is 5.42. The van der Waals surface area contributed by atoms with E-state index in [0.717, 1.165) is 4.90 Å². The van der Waals surface area contributed by atoms with E-state index in [1.165, 1.54) is 30.0 Å². The molecule has 0 aromatic heterocycles. The van der Waals surface area contributed by atoms with E-state index in [9.17, 15) is 14.9 Å². The zero-order chi connectivity index (χ0) is 16.8. The number of nitro benzene ring substituents is 1. The van der Waals surface area contributed by atoms with Gasteiger partial charge in [0.1, 0.15) is 0 Å². The van der Waals surface area contributed by atoms with E-state index in [4.69, 9.17) is 23.2 Å². The van der Waals surface area contributed by atoms with Crippen molar-refractivity contribution in [2.45, 2.75) is 11.3 Å². The average Bonchev–Trinajstić information content (AvgIpc) is 2.51. The van der Waals surface area contributed by atoms with Crippen LogP contribution in [0, 0.1) is 10.1 Å². The summed E-state index contributed by atoms with van der Waals surface area (Å²) in [7, 11) is 0. The summed E-state index contributed by atoms with van der Waals surface area (Å²) in [4.78, 5) is 23.0. The number of halogens is 2. The molecule has 0 unspecified atom stereocenters. The Morgan fingerprint density at radius 3 is 2.48 bits per heavy atom. The SMILES string of the molecule is O=C(CCSc1ccc(Cl)cc1)Nc1ccc([N+](=O)[O-])cc1Cl. The third-order valence-electron chi connectivity index (χ3n) is 2.85. The van der Waals surface area contributed by atoms with Gasteiger partial charge in [-0.2, -0.15) is 0 Å². The van der Waals surface area contributed by atoms with Crippen molar-refractivity contribution < 1.29 is 9.72 Å². The van der Waals surface area contributed by atoms with Crippen molar-refractivity contribution in [2.75, 3.05) is 11.1 Å². The number of benzene rings is 2. The van der Waals surface area contributed by atoms with E-state index < -0.39 is 4.92 Å².